The van der Waals surface area contributed by atoms with Crippen LogP contribution in [0.5, 0.6) is 11.5 Å². The van der Waals surface area contributed by atoms with E-state index in [9.17, 15) is 9.59 Å². The zero-order chi connectivity index (χ0) is 22.1. The number of carbonyl (C=O) groups is 1. The smallest absolute Gasteiger partial charge is 0.254 e. The van der Waals surface area contributed by atoms with E-state index in [1.165, 1.54) is 16.3 Å². The lowest BCUT2D eigenvalue weighted by atomic mass is 10.1. The average Bonchev–Trinajstić information content (AvgIpc) is 2.75. The molecular formula is C22H31N3O4S. The van der Waals surface area contributed by atoms with Crippen molar-refractivity contribution < 1.29 is 14.3 Å². The van der Waals surface area contributed by atoms with E-state index >= 15 is 0 Å². The van der Waals surface area contributed by atoms with Crippen molar-refractivity contribution in [3.05, 3.63) is 45.9 Å². The van der Waals surface area contributed by atoms with Gasteiger partial charge >= 0.3 is 0 Å². The normalized spacial score (nSPS) is 11.8. The summed E-state index contributed by atoms with van der Waals surface area (Å²) in [5, 5.41) is 3.29. The Morgan fingerprint density at radius 1 is 1.20 bits per heavy atom. The zero-order valence-electron chi connectivity index (χ0n) is 18.4. The van der Waals surface area contributed by atoms with E-state index in [1.54, 1.807) is 27.3 Å². The van der Waals surface area contributed by atoms with Gasteiger partial charge in [-0.2, -0.15) is 0 Å². The van der Waals surface area contributed by atoms with Crippen LogP contribution < -0.4 is 20.3 Å². The molecule has 0 saturated carbocycles. The number of ether oxygens (including phenoxy) is 2. The van der Waals surface area contributed by atoms with Crippen LogP contribution in [0.2, 0.25) is 0 Å². The van der Waals surface area contributed by atoms with E-state index in [0.717, 1.165) is 17.7 Å². The molecule has 30 heavy (non-hydrogen) atoms. The SMILES string of the molecule is CCCC(Sc1nc(CC)cc(=O)n1C)C(=O)NCCc1ccc(OC)c(OC)c1. The van der Waals surface area contributed by atoms with Crippen LogP contribution in [0.4, 0.5) is 0 Å². The summed E-state index contributed by atoms with van der Waals surface area (Å²) in [6, 6.07) is 7.28. The highest BCUT2D eigenvalue weighted by Crippen LogP contribution is 2.28. The second-order valence-electron chi connectivity index (χ2n) is 6.91. The van der Waals surface area contributed by atoms with Gasteiger partial charge in [0.15, 0.2) is 16.7 Å². The van der Waals surface area contributed by atoms with Crippen molar-refractivity contribution in [2.45, 2.75) is 49.9 Å². The number of hydrogen-bond donors (Lipinski definition) is 1. The van der Waals surface area contributed by atoms with Gasteiger partial charge in [0.05, 0.1) is 19.5 Å². The summed E-state index contributed by atoms with van der Waals surface area (Å²) in [5.41, 5.74) is 1.69. The number of aromatic nitrogens is 2. The lowest BCUT2D eigenvalue weighted by Crippen LogP contribution is -2.34. The molecule has 7 nitrogen and oxygen atoms in total. The van der Waals surface area contributed by atoms with Crippen molar-refractivity contribution in [1.82, 2.24) is 14.9 Å². The molecule has 1 atom stereocenters. The average molecular weight is 434 g/mol. The number of aryl methyl sites for hydroxylation is 1. The summed E-state index contributed by atoms with van der Waals surface area (Å²) in [7, 11) is 4.89. The maximum atomic E-state index is 12.8. The Balaban J connectivity index is 2.03. The Morgan fingerprint density at radius 3 is 2.57 bits per heavy atom. The number of thioether (sulfide) groups is 1. The van der Waals surface area contributed by atoms with Crippen LogP contribution in [-0.2, 0) is 24.7 Å². The summed E-state index contributed by atoms with van der Waals surface area (Å²) in [4.78, 5) is 29.5. The summed E-state index contributed by atoms with van der Waals surface area (Å²) in [5.74, 6) is 1.30. The number of methoxy groups -OCH3 is 2. The summed E-state index contributed by atoms with van der Waals surface area (Å²) in [6.45, 7) is 4.51. The lowest BCUT2D eigenvalue weighted by Gasteiger charge is -2.17. The predicted octanol–water partition coefficient (Wildman–Crippen LogP) is 2.98. The van der Waals surface area contributed by atoms with Gasteiger partial charge < -0.3 is 14.8 Å². The van der Waals surface area contributed by atoms with Gasteiger partial charge in [-0.15, -0.1) is 0 Å². The number of hydrogen-bond acceptors (Lipinski definition) is 6. The van der Waals surface area contributed by atoms with Gasteiger partial charge in [0, 0.05) is 25.4 Å². The number of rotatable bonds is 11. The molecule has 0 fully saturated rings. The van der Waals surface area contributed by atoms with E-state index in [4.69, 9.17) is 9.47 Å². The van der Waals surface area contributed by atoms with Crippen molar-refractivity contribution in [3.63, 3.8) is 0 Å². The molecule has 0 bridgehead atoms. The van der Waals surface area contributed by atoms with Gasteiger partial charge in [0.25, 0.3) is 5.56 Å². The molecule has 0 aliphatic rings. The first-order valence-corrected chi connectivity index (χ1v) is 11.0. The van der Waals surface area contributed by atoms with Gasteiger partial charge in [-0.3, -0.25) is 14.2 Å². The topological polar surface area (TPSA) is 82.5 Å². The van der Waals surface area contributed by atoms with Crippen LogP contribution in [0.1, 0.15) is 37.9 Å². The quantitative estimate of drug-likeness (QED) is 0.433. The van der Waals surface area contributed by atoms with E-state index < -0.39 is 0 Å². The molecule has 0 saturated heterocycles. The Hall–Kier alpha value is -2.48. The van der Waals surface area contributed by atoms with Crippen molar-refractivity contribution in [3.8, 4) is 11.5 Å². The highest BCUT2D eigenvalue weighted by atomic mass is 32.2. The fraction of sp³-hybridized carbons (Fsp3) is 0.500. The molecule has 1 unspecified atom stereocenters. The molecule has 1 aromatic heterocycles. The first-order valence-electron chi connectivity index (χ1n) is 10.2. The fourth-order valence-electron chi connectivity index (χ4n) is 2.96. The van der Waals surface area contributed by atoms with E-state index in [2.05, 4.69) is 10.3 Å². The Bertz CT molecular complexity index is 914. The first kappa shape index (κ1) is 23.8. The van der Waals surface area contributed by atoms with E-state index in [-0.39, 0.29) is 16.7 Å². The van der Waals surface area contributed by atoms with Crippen LogP contribution in [0.15, 0.2) is 34.2 Å². The molecule has 1 amide bonds. The van der Waals surface area contributed by atoms with Crippen LogP contribution in [-0.4, -0.2) is 41.5 Å². The minimum atomic E-state index is -0.300. The maximum Gasteiger partial charge on any atom is 0.254 e. The molecule has 1 heterocycles. The van der Waals surface area contributed by atoms with Gasteiger partial charge in [0.1, 0.15) is 0 Å². The van der Waals surface area contributed by atoms with Crippen molar-refractivity contribution in [2.75, 3.05) is 20.8 Å². The van der Waals surface area contributed by atoms with Crippen LogP contribution in [0.25, 0.3) is 0 Å². The summed E-state index contributed by atoms with van der Waals surface area (Å²) >= 11 is 1.35. The molecule has 8 heteroatoms. The van der Waals surface area contributed by atoms with Gasteiger partial charge in [0.2, 0.25) is 5.91 Å². The third kappa shape index (κ3) is 6.26. The molecule has 0 radical (unpaired) electrons. The van der Waals surface area contributed by atoms with Gasteiger partial charge in [-0.25, -0.2) is 4.98 Å². The number of nitrogens with zero attached hydrogens (tertiary/aromatic N) is 2. The molecule has 1 aromatic carbocycles. The molecule has 164 valence electrons. The standard InChI is InChI=1S/C22H31N3O4S/c1-6-8-19(30-22-24-16(7-2)14-20(26)25(22)3)21(27)23-12-11-15-9-10-17(28-4)18(13-15)29-5/h9-10,13-14,19H,6-8,11-12H2,1-5H3,(H,23,27). The van der Waals surface area contributed by atoms with E-state index in [1.807, 2.05) is 32.0 Å². The minimum Gasteiger partial charge on any atom is -0.493 e. The zero-order valence-corrected chi connectivity index (χ0v) is 19.2. The third-order valence-electron chi connectivity index (χ3n) is 4.76. The summed E-state index contributed by atoms with van der Waals surface area (Å²) < 4.78 is 12.1. The molecule has 1 N–H and O–H groups in total. The van der Waals surface area contributed by atoms with Crippen molar-refractivity contribution >= 4 is 17.7 Å². The molecule has 0 spiro atoms. The van der Waals surface area contributed by atoms with E-state index in [0.29, 0.717) is 42.5 Å². The second-order valence-corrected chi connectivity index (χ2v) is 8.08. The van der Waals surface area contributed by atoms with Crippen LogP contribution in [0.3, 0.4) is 0 Å². The molecule has 0 aliphatic heterocycles. The highest BCUT2D eigenvalue weighted by Gasteiger charge is 2.21. The summed E-state index contributed by atoms with van der Waals surface area (Å²) in [6.07, 6.45) is 2.93. The minimum absolute atomic E-state index is 0.0431. The number of benzene rings is 1. The predicted molar refractivity (Wildman–Crippen MR) is 120 cm³/mol. The molecule has 2 aromatic rings. The maximum absolute atomic E-state index is 12.8. The third-order valence-corrected chi connectivity index (χ3v) is 6.07. The Morgan fingerprint density at radius 2 is 1.93 bits per heavy atom. The van der Waals surface area contributed by atoms with Crippen molar-refractivity contribution in [2.24, 2.45) is 7.05 Å². The molecule has 2 rings (SSSR count). The van der Waals surface area contributed by atoms with Gasteiger partial charge in [-0.1, -0.05) is 38.1 Å². The number of carbonyl (C=O) groups excluding carboxylic acids is 1. The monoisotopic (exact) mass is 433 g/mol. The Labute approximate surface area is 182 Å². The first-order chi connectivity index (χ1) is 14.4. The largest absolute Gasteiger partial charge is 0.493 e. The molecular weight excluding hydrogens is 402 g/mol. The fourth-order valence-corrected chi connectivity index (χ4v) is 4.18. The second kappa shape index (κ2) is 11.6. The van der Waals surface area contributed by atoms with Crippen LogP contribution >= 0.6 is 11.8 Å². The van der Waals surface area contributed by atoms with Gasteiger partial charge in [-0.05, 0) is 37.0 Å². The van der Waals surface area contributed by atoms with Crippen LogP contribution in [0, 0.1) is 0 Å². The number of nitrogens with one attached hydrogen (secondary N) is 1. The highest BCUT2D eigenvalue weighted by molar-refractivity contribution is 8.00. The molecule has 0 aliphatic carbocycles. The Kier molecular flexibility index (Phi) is 9.23. The lowest BCUT2D eigenvalue weighted by molar-refractivity contribution is -0.120. The number of amides is 1. The van der Waals surface area contributed by atoms with Crippen molar-refractivity contribution in [1.29, 1.82) is 0 Å².